The van der Waals surface area contributed by atoms with Crippen LogP contribution in [0.4, 0.5) is 5.69 Å². The van der Waals surface area contributed by atoms with E-state index in [9.17, 15) is 33.5 Å². The molecule has 0 radical (unpaired) electrons. The summed E-state index contributed by atoms with van der Waals surface area (Å²) in [5.41, 5.74) is 0.708. The molecule has 2 fully saturated rings. The SMILES string of the molecule is C=C1CS(=O)[C@H]2C(NC(=O)C(C(=O)OCc3ccc([N+](=O)[O-])cc3)c3ccccc3)C(=O)N2C1C(=O)OCC(Cl)(Cl)Cl. The van der Waals surface area contributed by atoms with Crippen molar-refractivity contribution in [2.24, 2.45) is 0 Å². The second kappa shape index (κ2) is 12.8. The van der Waals surface area contributed by atoms with Crippen LogP contribution in [0.1, 0.15) is 17.0 Å². The van der Waals surface area contributed by atoms with E-state index in [0.717, 1.165) is 4.90 Å². The first-order chi connectivity index (χ1) is 19.8. The number of amides is 2. The Morgan fingerprint density at radius 2 is 1.76 bits per heavy atom. The zero-order valence-electron chi connectivity index (χ0n) is 21.4. The number of hydrogen-bond acceptors (Lipinski definition) is 9. The van der Waals surface area contributed by atoms with Gasteiger partial charge in [-0.15, -0.1) is 0 Å². The molecule has 2 heterocycles. The topological polar surface area (TPSA) is 162 Å². The van der Waals surface area contributed by atoms with E-state index < -0.39 is 73.3 Å². The average molecular weight is 659 g/mol. The Morgan fingerprint density at radius 1 is 1.12 bits per heavy atom. The Bertz CT molecular complexity index is 1450. The van der Waals surface area contributed by atoms with E-state index in [4.69, 9.17) is 44.3 Å². The average Bonchev–Trinajstić information content (AvgIpc) is 2.94. The van der Waals surface area contributed by atoms with Gasteiger partial charge in [0.25, 0.3) is 5.69 Å². The van der Waals surface area contributed by atoms with Crippen molar-refractivity contribution in [2.45, 2.75) is 33.8 Å². The summed E-state index contributed by atoms with van der Waals surface area (Å²) in [6, 6.07) is 10.6. The molecule has 2 aliphatic heterocycles. The maximum absolute atomic E-state index is 13.4. The summed E-state index contributed by atoms with van der Waals surface area (Å²) in [4.78, 5) is 63.7. The summed E-state index contributed by atoms with van der Waals surface area (Å²) in [6.07, 6.45) is 0. The van der Waals surface area contributed by atoms with E-state index in [1.165, 1.54) is 36.4 Å². The number of ether oxygens (including phenoxy) is 2. The molecule has 4 rings (SSSR count). The van der Waals surface area contributed by atoms with Crippen LogP contribution in [0.3, 0.4) is 0 Å². The Labute approximate surface area is 256 Å². The Balaban J connectivity index is 1.49. The van der Waals surface area contributed by atoms with Crippen LogP contribution in [0, 0.1) is 10.1 Å². The molecular weight excluding hydrogens is 637 g/mol. The van der Waals surface area contributed by atoms with Gasteiger partial charge in [-0.1, -0.05) is 71.7 Å². The molecule has 1 N–H and O–H groups in total. The molecular formula is C26H22Cl3N3O9S. The van der Waals surface area contributed by atoms with Crippen LogP contribution in [0.15, 0.2) is 66.7 Å². The number of nitro groups is 1. The molecule has 0 saturated carbocycles. The number of nitrogens with one attached hydrogen (secondary N) is 1. The van der Waals surface area contributed by atoms with Gasteiger partial charge in [-0.2, -0.15) is 0 Å². The Morgan fingerprint density at radius 3 is 2.36 bits per heavy atom. The van der Waals surface area contributed by atoms with Crippen molar-refractivity contribution in [3.63, 3.8) is 0 Å². The predicted octanol–water partition coefficient (Wildman–Crippen LogP) is 2.68. The number of halogens is 3. The van der Waals surface area contributed by atoms with E-state index >= 15 is 0 Å². The minimum absolute atomic E-state index is 0.143. The molecule has 2 saturated heterocycles. The molecule has 0 spiro atoms. The lowest BCUT2D eigenvalue weighted by atomic mass is 9.95. The number of benzene rings is 2. The van der Waals surface area contributed by atoms with Gasteiger partial charge in [-0.25, -0.2) is 4.79 Å². The second-order valence-corrected chi connectivity index (χ2v) is 13.4. The highest BCUT2D eigenvalue weighted by atomic mass is 35.6. The first kappa shape index (κ1) is 31.4. The van der Waals surface area contributed by atoms with E-state index in [2.05, 4.69) is 11.9 Å². The lowest BCUT2D eigenvalue weighted by molar-refractivity contribution is -0.384. The van der Waals surface area contributed by atoms with Crippen LogP contribution < -0.4 is 5.32 Å². The van der Waals surface area contributed by atoms with Crippen molar-refractivity contribution in [3.8, 4) is 0 Å². The highest BCUT2D eigenvalue weighted by Crippen LogP contribution is 2.36. The van der Waals surface area contributed by atoms with Crippen molar-refractivity contribution in [3.05, 3.63) is 88.0 Å². The summed E-state index contributed by atoms with van der Waals surface area (Å²) in [6.45, 7) is 2.85. The highest BCUT2D eigenvalue weighted by molar-refractivity contribution is 7.86. The number of nitrogens with zero attached hydrogens (tertiary/aromatic N) is 2. The first-order valence-electron chi connectivity index (χ1n) is 12.1. The number of carbonyl (C=O) groups excluding carboxylic acids is 4. The van der Waals surface area contributed by atoms with E-state index in [0.29, 0.717) is 5.56 Å². The van der Waals surface area contributed by atoms with E-state index in [1.807, 2.05) is 0 Å². The van der Waals surface area contributed by atoms with Crippen molar-refractivity contribution in [1.29, 1.82) is 0 Å². The fourth-order valence-electron chi connectivity index (χ4n) is 4.46. The summed E-state index contributed by atoms with van der Waals surface area (Å²) < 4.78 is 21.4. The number of hydrogen-bond donors (Lipinski definition) is 1. The standard InChI is InChI=1S/C26H22Cl3N3O9S/c1-14-12-42(39)23-19(22(34)31(23)20(14)25(36)41-13-26(27,28)29)30-21(33)18(16-5-3-2-4-6-16)24(35)40-11-15-7-9-17(10-8-15)32(37)38/h2-10,18-20,23H,1,11-13H2,(H,30,33)/t18?,19?,20?,23-,42?/m0/s1. The monoisotopic (exact) mass is 657 g/mol. The molecule has 0 aliphatic carbocycles. The van der Waals surface area contributed by atoms with Crippen LogP contribution >= 0.6 is 34.8 Å². The third kappa shape index (κ3) is 6.92. The van der Waals surface area contributed by atoms with Gasteiger partial charge in [0.15, 0.2) is 12.0 Å². The smallest absolute Gasteiger partial charge is 0.333 e. The largest absolute Gasteiger partial charge is 0.460 e. The molecule has 12 nitrogen and oxygen atoms in total. The number of rotatable bonds is 9. The molecule has 5 atom stereocenters. The van der Waals surface area contributed by atoms with Gasteiger partial charge in [0, 0.05) is 17.9 Å². The minimum atomic E-state index is -1.90. The molecule has 2 amide bonds. The number of fused-ring (bicyclic) bond motifs is 1. The summed E-state index contributed by atoms with van der Waals surface area (Å²) >= 11 is 16.9. The van der Waals surface area contributed by atoms with Gasteiger partial charge < -0.3 is 19.7 Å². The molecule has 2 aromatic rings. The van der Waals surface area contributed by atoms with Crippen LogP contribution in [0.2, 0.25) is 0 Å². The van der Waals surface area contributed by atoms with Crippen molar-refractivity contribution >= 4 is 75.0 Å². The van der Waals surface area contributed by atoms with Gasteiger partial charge in [0.1, 0.15) is 24.6 Å². The van der Waals surface area contributed by atoms with Gasteiger partial charge in [-0.05, 0) is 28.8 Å². The molecule has 2 aromatic carbocycles. The molecule has 0 aromatic heterocycles. The number of nitro benzene ring substituents is 1. The van der Waals surface area contributed by atoms with Crippen molar-refractivity contribution in [2.75, 3.05) is 12.4 Å². The van der Waals surface area contributed by atoms with Crippen LogP contribution in [0.25, 0.3) is 0 Å². The Kier molecular flexibility index (Phi) is 9.56. The fraction of sp³-hybridized carbons (Fsp3) is 0.308. The van der Waals surface area contributed by atoms with Gasteiger partial charge in [-0.3, -0.25) is 28.7 Å². The van der Waals surface area contributed by atoms with E-state index in [1.54, 1.807) is 18.2 Å². The zero-order valence-corrected chi connectivity index (χ0v) is 24.5. The minimum Gasteiger partial charge on any atom is -0.460 e. The molecule has 2 aliphatic rings. The van der Waals surface area contributed by atoms with Gasteiger partial charge in [0.05, 0.1) is 15.7 Å². The van der Waals surface area contributed by atoms with Gasteiger partial charge >= 0.3 is 11.9 Å². The zero-order chi connectivity index (χ0) is 30.8. The maximum atomic E-state index is 13.4. The molecule has 16 heteroatoms. The quantitative estimate of drug-likeness (QED) is 0.0812. The summed E-state index contributed by atoms with van der Waals surface area (Å²) in [7, 11) is -1.75. The lowest BCUT2D eigenvalue weighted by Gasteiger charge is -2.52. The normalized spacial score (nSPS) is 22.3. The summed E-state index contributed by atoms with van der Waals surface area (Å²) in [5.74, 6) is -5.21. The van der Waals surface area contributed by atoms with Gasteiger partial charge in [0.2, 0.25) is 15.6 Å². The third-order valence-electron chi connectivity index (χ3n) is 6.40. The van der Waals surface area contributed by atoms with Crippen LogP contribution in [-0.2, 0) is 46.1 Å². The number of alkyl halides is 3. The number of non-ortho nitro benzene ring substituents is 1. The highest BCUT2D eigenvalue weighted by Gasteiger charge is 2.59. The van der Waals surface area contributed by atoms with Crippen LogP contribution in [-0.4, -0.2) is 71.4 Å². The van der Waals surface area contributed by atoms with Crippen molar-refractivity contribution in [1.82, 2.24) is 10.2 Å². The Hall–Kier alpha value is -3.52. The van der Waals surface area contributed by atoms with Crippen LogP contribution in [0.5, 0.6) is 0 Å². The molecule has 4 unspecified atom stereocenters. The lowest BCUT2D eigenvalue weighted by Crippen LogP contribution is -2.77. The molecule has 42 heavy (non-hydrogen) atoms. The fourth-order valence-corrected chi connectivity index (χ4v) is 6.28. The number of esters is 2. The molecule has 0 bridgehead atoms. The second-order valence-electron chi connectivity index (χ2n) is 9.31. The third-order valence-corrected chi connectivity index (χ3v) is 8.42. The molecule has 222 valence electrons. The maximum Gasteiger partial charge on any atom is 0.333 e. The number of carbonyl (C=O) groups is 4. The first-order valence-corrected chi connectivity index (χ1v) is 14.7. The van der Waals surface area contributed by atoms with E-state index in [-0.39, 0.29) is 29.2 Å². The number of β-lactam (4-membered cyclic amide) rings is 1. The van der Waals surface area contributed by atoms with Crippen molar-refractivity contribution < 1.29 is 37.8 Å². The predicted molar refractivity (Wildman–Crippen MR) is 152 cm³/mol. The summed E-state index contributed by atoms with van der Waals surface area (Å²) in [5, 5.41) is 12.2.